The Balaban J connectivity index is 2.48. The second-order valence-electron chi connectivity index (χ2n) is 3.07. The monoisotopic (exact) mass is 176 g/mol. The maximum Gasteiger partial charge on any atom is 0.192 e. The molecule has 0 aliphatic rings. The van der Waals surface area contributed by atoms with Crippen LogP contribution in [0.25, 0.3) is 11.1 Å². The molecule has 0 saturated heterocycles. The summed E-state index contributed by atoms with van der Waals surface area (Å²) in [5.41, 5.74) is 3.01. The molecular weight excluding hydrogens is 164 g/mol. The van der Waals surface area contributed by atoms with Gasteiger partial charge in [-0.3, -0.25) is 0 Å². The molecule has 3 heteroatoms. The topological polar surface area (TPSA) is 38.1 Å². The van der Waals surface area contributed by atoms with Crippen molar-refractivity contribution in [1.82, 2.24) is 10.3 Å². The molecule has 0 aliphatic heterocycles. The van der Waals surface area contributed by atoms with Gasteiger partial charge < -0.3 is 9.73 Å². The molecule has 0 spiro atoms. The molecule has 2 aromatic rings. The number of hydrogen-bond acceptors (Lipinski definition) is 3. The van der Waals surface area contributed by atoms with E-state index < -0.39 is 0 Å². The molecule has 13 heavy (non-hydrogen) atoms. The van der Waals surface area contributed by atoms with Crippen LogP contribution in [-0.2, 0) is 6.54 Å². The fourth-order valence-electron chi connectivity index (χ4n) is 1.40. The minimum atomic E-state index is 0.719. The van der Waals surface area contributed by atoms with Crippen molar-refractivity contribution in [2.75, 3.05) is 7.05 Å². The van der Waals surface area contributed by atoms with E-state index in [2.05, 4.69) is 16.4 Å². The molecule has 3 nitrogen and oxygen atoms in total. The maximum absolute atomic E-state index is 5.42. The summed E-state index contributed by atoms with van der Waals surface area (Å²) in [6, 6.07) is 6.06. The molecule has 68 valence electrons. The Morgan fingerprint density at radius 2 is 2.31 bits per heavy atom. The number of aromatic nitrogens is 1. The highest BCUT2D eigenvalue weighted by Crippen LogP contribution is 2.16. The molecule has 1 heterocycles. The lowest BCUT2D eigenvalue weighted by atomic mass is 10.2. The number of hydrogen-bond donors (Lipinski definition) is 1. The number of nitrogens with zero attached hydrogens (tertiary/aromatic N) is 1. The lowest BCUT2D eigenvalue weighted by Gasteiger charge is -1.97. The number of benzene rings is 1. The van der Waals surface area contributed by atoms with Crippen LogP contribution >= 0.6 is 0 Å². The lowest BCUT2D eigenvalue weighted by Crippen LogP contribution is -2.04. The summed E-state index contributed by atoms with van der Waals surface area (Å²) < 4.78 is 5.42. The first-order valence-corrected chi connectivity index (χ1v) is 4.30. The second-order valence-corrected chi connectivity index (χ2v) is 3.07. The third-order valence-corrected chi connectivity index (χ3v) is 1.94. The van der Waals surface area contributed by atoms with E-state index in [1.807, 2.05) is 26.1 Å². The molecule has 0 unspecified atom stereocenters. The molecule has 1 N–H and O–H groups in total. The average Bonchev–Trinajstić information content (AvgIpc) is 2.44. The first-order valence-electron chi connectivity index (χ1n) is 4.30. The Kier molecular flexibility index (Phi) is 2.02. The molecule has 0 saturated carbocycles. The van der Waals surface area contributed by atoms with Crippen LogP contribution in [0.4, 0.5) is 0 Å². The highest BCUT2D eigenvalue weighted by molar-refractivity contribution is 5.73. The van der Waals surface area contributed by atoms with E-state index in [9.17, 15) is 0 Å². The highest BCUT2D eigenvalue weighted by Gasteiger charge is 2.01. The van der Waals surface area contributed by atoms with Gasteiger partial charge in [0.2, 0.25) is 0 Å². The first kappa shape index (κ1) is 8.26. The number of fused-ring (bicyclic) bond motifs is 1. The zero-order valence-electron chi connectivity index (χ0n) is 7.79. The summed E-state index contributed by atoms with van der Waals surface area (Å²) in [4.78, 5) is 4.23. The summed E-state index contributed by atoms with van der Waals surface area (Å²) in [5.74, 6) is 0.719. The van der Waals surface area contributed by atoms with Gasteiger partial charge in [-0.05, 0) is 24.7 Å². The molecular formula is C10H12N2O. The number of nitrogens with one attached hydrogen (secondary N) is 1. The van der Waals surface area contributed by atoms with E-state index in [0.717, 1.165) is 23.5 Å². The van der Waals surface area contributed by atoms with Crippen LogP contribution in [-0.4, -0.2) is 12.0 Å². The number of rotatable bonds is 2. The minimum Gasteiger partial charge on any atom is -0.441 e. The molecule has 0 radical (unpaired) electrons. The molecule has 1 aromatic heterocycles. The van der Waals surface area contributed by atoms with Gasteiger partial charge >= 0.3 is 0 Å². The van der Waals surface area contributed by atoms with E-state index in [1.54, 1.807) is 0 Å². The van der Waals surface area contributed by atoms with E-state index in [0.29, 0.717) is 0 Å². The molecule has 2 rings (SSSR count). The Labute approximate surface area is 76.8 Å². The van der Waals surface area contributed by atoms with E-state index in [1.165, 1.54) is 5.56 Å². The Morgan fingerprint density at radius 3 is 3.08 bits per heavy atom. The molecule has 0 aliphatic carbocycles. The molecule has 0 amide bonds. The third-order valence-electron chi connectivity index (χ3n) is 1.94. The normalized spacial score (nSPS) is 10.9. The smallest absolute Gasteiger partial charge is 0.192 e. The molecule has 1 aromatic carbocycles. The van der Waals surface area contributed by atoms with Crippen LogP contribution in [0.1, 0.15) is 11.5 Å². The van der Waals surface area contributed by atoms with E-state index in [-0.39, 0.29) is 0 Å². The summed E-state index contributed by atoms with van der Waals surface area (Å²) in [7, 11) is 1.93. The fourth-order valence-corrected chi connectivity index (χ4v) is 1.40. The molecule has 0 fully saturated rings. The summed E-state index contributed by atoms with van der Waals surface area (Å²) in [5, 5.41) is 3.09. The van der Waals surface area contributed by atoms with Gasteiger partial charge in [-0.2, -0.15) is 0 Å². The SMILES string of the molecule is CNCc1ccc2nc(C)oc2c1. The Bertz CT molecular complexity index is 420. The standard InChI is InChI=1S/C10H12N2O/c1-7-12-9-4-3-8(6-11-2)5-10(9)13-7/h3-5,11H,6H2,1-2H3. The van der Waals surface area contributed by atoms with Gasteiger partial charge in [-0.1, -0.05) is 6.07 Å². The van der Waals surface area contributed by atoms with Crippen LogP contribution in [0.15, 0.2) is 22.6 Å². The summed E-state index contributed by atoms with van der Waals surface area (Å²) >= 11 is 0. The van der Waals surface area contributed by atoms with Gasteiger partial charge in [0.1, 0.15) is 5.52 Å². The quantitative estimate of drug-likeness (QED) is 0.758. The van der Waals surface area contributed by atoms with Crippen LogP contribution in [0.2, 0.25) is 0 Å². The fraction of sp³-hybridized carbons (Fsp3) is 0.300. The van der Waals surface area contributed by atoms with Crippen molar-refractivity contribution < 1.29 is 4.42 Å². The molecule has 0 atom stereocenters. The van der Waals surface area contributed by atoms with Gasteiger partial charge in [-0.25, -0.2) is 4.98 Å². The van der Waals surface area contributed by atoms with E-state index in [4.69, 9.17) is 4.42 Å². The number of oxazole rings is 1. The van der Waals surface area contributed by atoms with Gasteiger partial charge in [0.25, 0.3) is 0 Å². The molecule has 0 bridgehead atoms. The Hall–Kier alpha value is -1.35. The zero-order chi connectivity index (χ0) is 9.26. The van der Waals surface area contributed by atoms with Crippen molar-refractivity contribution in [3.63, 3.8) is 0 Å². The minimum absolute atomic E-state index is 0.719. The highest BCUT2D eigenvalue weighted by atomic mass is 16.3. The van der Waals surface area contributed by atoms with Gasteiger partial charge in [0, 0.05) is 13.5 Å². The van der Waals surface area contributed by atoms with E-state index >= 15 is 0 Å². The predicted octanol–water partition coefficient (Wildman–Crippen LogP) is 1.86. The van der Waals surface area contributed by atoms with Crippen molar-refractivity contribution in [2.24, 2.45) is 0 Å². The lowest BCUT2D eigenvalue weighted by molar-refractivity contribution is 0.560. The summed E-state index contributed by atoms with van der Waals surface area (Å²) in [6.45, 7) is 2.72. The van der Waals surface area contributed by atoms with Crippen molar-refractivity contribution >= 4 is 11.1 Å². The van der Waals surface area contributed by atoms with Crippen molar-refractivity contribution in [2.45, 2.75) is 13.5 Å². The predicted molar refractivity (Wildman–Crippen MR) is 51.5 cm³/mol. The third kappa shape index (κ3) is 1.55. The van der Waals surface area contributed by atoms with Crippen LogP contribution in [0.3, 0.4) is 0 Å². The Morgan fingerprint density at radius 1 is 1.46 bits per heavy atom. The summed E-state index contributed by atoms with van der Waals surface area (Å²) in [6.07, 6.45) is 0. The second kappa shape index (κ2) is 3.18. The van der Waals surface area contributed by atoms with Crippen LogP contribution in [0.5, 0.6) is 0 Å². The van der Waals surface area contributed by atoms with Crippen molar-refractivity contribution in [1.29, 1.82) is 0 Å². The number of aryl methyl sites for hydroxylation is 1. The maximum atomic E-state index is 5.42. The van der Waals surface area contributed by atoms with Gasteiger partial charge in [-0.15, -0.1) is 0 Å². The zero-order valence-corrected chi connectivity index (χ0v) is 7.79. The first-order chi connectivity index (χ1) is 6.29. The van der Waals surface area contributed by atoms with Gasteiger partial charge in [0.15, 0.2) is 11.5 Å². The van der Waals surface area contributed by atoms with Crippen molar-refractivity contribution in [3.8, 4) is 0 Å². The largest absolute Gasteiger partial charge is 0.441 e. The van der Waals surface area contributed by atoms with Crippen LogP contribution < -0.4 is 5.32 Å². The van der Waals surface area contributed by atoms with Crippen molar-refractivity contribution in [3.05, 3.63) is 29.7 Å². The average molecular weight is 176 g/mol. The van der Waals surface area contributed by atoms with Gasteiger partial charge in [0.05, 0.1) is 0 Å². The van der Waals surface area contributed by atoms with Crippen LogP contribution in [0, 0.1) is 6.92 Å².